The summed E-state index contributed by atoms with van der Waals surface area (Å²) in [5, 5.41) is 0. The monoisotopic (exact) mass is 341 g/mol. The van der Waals surface area contributed by atoms with Gasteiger partial charge in [-0.25, -0.2) is 14.8 Å². The number of aryl methyl sites for hydroxylation is 1. The highest BCUT2D eigenvalue weighted by atomic mass is 16.6. The molecule has 2 heterocycles. The van der Waals surface area contributed by atoms with Crippen LogP contribution in [0.5, 0.6) is 5.75 Å². The summed E-state index contributed by atoms with van der Waals surface area (Å²) in [5.41, 5.74) is 1.99. The Balaban J connectivity index is 1.88. The van der Waals surface area contributed by atoms with E-state index in [2.05, 4.69) is 9.97 Å². The van der Waals surface area contributed by atoms with E-state index in [-0.39, 0.29) is 6.09 Å². The van der Waals surface area contributed by atoms with Crippen molar-refractivity contribution in [2.75, 3.05) is 18.6 Å². The molecule has 1 aromatic carbocycles. The molecule has 0 atom stereocenters. The molecule has 0 radical (unpaired) electrons. The van der Waals surface area contributed by atoms with Gasteiger partial charge in [-0.3, -0.25) is 4.90 Å². The largest absolute Gasteiger partial charge is 0.497 e. The molecule has 1 aromatic heterocycles. The Labute approximate surface area is 147 Å². The molecule has 6 nitrogen and oxygen atoms in total. The van der Waals surface area contributed by atoms with Gasteiger partial charge in [0.25, 0.3) is 0 Å². The third-order valence-electron chi connectivity index (χ3n) is 3.89. The van der Waals surface area contributed by atoms with Crippen molar-refractivity contribution in [3.05, 3.63) is 36.2 Å². The highest BCUT2D eigenvalue weighted by Crippen LogP contribution is 2.29. The minimum Gasteiger partial charge on any atom is -0.497 e. The van der Waals surface area contributed by atoms with E-state index in [9.17, 15) is 4.79 Å². The molecule has 3 rings (SSSR count). The molecule has 0 saturated carbocycles. The lowest BCUT2D eigenvalue weighted by molar-refractivity contribution is 0.0577. The molecule has 0 saturated heterocycles. The van der Waals surface area contributed by atoms with Crippen LogP contribution in [0.25, 0.3) is 11.4 Å². The van der Waals surface area contributed by atoms with Crippen molar-refractivity contribution in [1.29, 1.82) is 0 Å². The second kappa shape index (κ2) is 6.70. The lowest BCUT2D eigenvalue weighted by Crippen LogP contribution is -2.40. The predicted molar refractivity (Wildman–Crippen MR) is 95.9 cm³/mol. The Morgan fingerprint density at radius 2 is 1.92 bits per heavy atom. The topological polar surface area (TPSA) is 64.6 Å². The molecule has 1 aliphatic heterocycles. The van der Waals surface area contributed by atoms with E-state index in [1.165, 1.54) is 0 Å². The van der Waals surface area contributed by atoms with Gasteiger partial charge in [0.15, 0.2) is 5.82 Å². The van der Waals surface area contributed by atoms with Crippen molar-refractivity contribution < 1.29 is 14.3 Å². The fourth-order valence-electron chi connectivity index (χ4n) is 2.73. The summed E-state index contributed by atoms with van der Waals surface area (Å²) in [7, 11) is 1.63. The van der Waals surface area contributed by atoms with Crippen LogP contribution in [0.1, 0.15) is 32.9 Å². The van der Waals surface area contributed by atoms with Crippen LogP contribution in [0.4, 0.5) is 10.5 Å². The normalized spacial score (nSPS) is 14.0. The number of hydrogen-bond donors (Lipinski definition) is 0. The van der Waals surface area contributed by atoms with Gasteiger partial charge in [-0.15, -0.1) is 0 Å². The molecular formula is C19H23N3O3. The van der Waals surface area contributed by atoms with Gasteiger partial charge in [0, 0.05) is 12.1 Å². The minimum absolute atomic E-state index is 0.353. The number of aromatic nitrogens is 2. The fraction of sp³-hybridized carbons (Fsp3) is 0.421. The van der Waals surface area contributed by atoms with Gasteiger partial charge in [-0.05, 0) is 57.9 Å². The Hall–Kier alpha value is -2.63. The first-order valence-corrected chi connectivity index (χ1v) is 8.38. The summed E-state index contributed by atoms with van der Waals surface area (Å²) in [4.78, 5) is 23.2. The van der Waals surface area contributed by atoms with Crippen LogP contribution >= 0.6 is 0 Å². The molecule has 1 amide bonds. The third kappa shape index (κ3) is 3.90. The number of nitrogens with zero attached hydrogens (tertiary/aromatic N) is 3. The zero-order chi connectivity index (χ0) is 18.0. The van der Waals surface area contributed by atoms with E-state index in [0.29, 0.717) is 12.4 Å². The van der Waals surface area contributed by atoms with Crippen molar-refractivity contribution in [2.24, 2.45) is 0 Å². The summed E-state index contributed by atoms with van der Waals surface area (Å²) in [6.45, 7) is 6.20. The van der Waals surface area contributed by atoms with Gasteiger partial charge in [0.05, 0.1) is 24.7 Å². The number of amides is 1. The zero-order valence-electron chi connectivity index (χ0n) is 15.1. The number of carbonyl (C=O) groups is 1. The van der Waals surface area contributed by atoms with E-state index in [0.717, 1.165) is 35.5 Å². The SMILES string of the molecule is COc1ccc(-c2ncc3c(n2)CCCN3C(=O)OC(C)(C)C)cc1. The molecule has 0 fully saturated rings. The third-order valence-corrected chi connectivity index (χ3v) is 3.89. The number of hydrogen-bond acceptors (Lipinski definition) is 5. The summed E-state index contributed by atoms with van der Waals surface area (Å²) in [6, 6.07) is 7.61. The van der Waals surface area contributed by atoms with E-state index in [4.69, 9.17) is 9.47 Å². The van der Waals surface area contributed by atoms with Crippen molar-refractivity contribution in [1.82, 2.24) is 9.97 Å². The Morgan fingerprint density at radius 3 is 2.56 bits per heavy atom. The number of ether oxygens (including phenoxy) is 2. The van der Waals surface area contributed by atoms with Crippen LogP contribution in [0, 0.1) is 0 Å². The Morgan fingerprint density at radius 1 is 1.20 bits per heavy atom. The number of fused-ring (bicyclic) bond motifs is 1. The quantitative estimate of drug-likeness (QED) is 0.830. The fourth-order valence-corrected chi connectivity index (χ4v) is 2.73. The lowest BCUT2D eigenvalue weighted by Gasteiger charge is -2.30. The van der Waals surface area contributed by atoms with Crippen LogP contribution in [0.15, 0.2) is 30.5 Å². The average Bonchev–Trinajstić information content (AvgIpc) is 2.59. The Kier molecular flexibility index (Phi) is 4.61. The van der Waals surface area contributed by atoms with Gasteiger partial charge in [0.2, 0.25) is 0 Å². The maximum Gasteiger partial charge on any atom is 0.414 e. The van der Waals surface area contributed by atoms with Crippen molar-refractivity contribution >= 4 is 11.8 Å². The van der Waals surface area contributed by atoms with Crippen molar-refractivity contribution in [3.8, 4) is 17.1 Å². The predicted octanol–water partition coefficient (Wildman–Crippen LogP) is 3.84. The van der Waals surface area contributed by atoms with Gasteiger partial charge in [-0.2, -0.15) is 0 Å². The molecule has 1 aliphatic rings. The van der Waals surface area contributed by atoms with Gasteiger partial charge in [0.1, 0.15) is 11.4 Å². The molecule has 0 aliphatic carbocycles. The highest BCUT2D eigenvalue weighted by Gasteiger charge is 2.28. The molecule has 25 heavy (non-hydrogen) atoms. The summed E-state index contributed by atoms with van der Waals surface area (Å²) in [6.07, 6.45) is 3.03. The van der Waals surface area contributed by atoms with Gasteiger partial charge >= 0.3 is 6.09 Å². The van der Waals surface area contributed by atoms with Crippen LogP contribution in [0.3, 0.4) is 0 Å². The summed E-state index contributed by atoms with van der Waals surface area (Å²) >= 11 is 0. The number of benzene rings is 1. The molecule has 132 valence electrons. The second-order valence-electron chi connectivity index (χ2n) is 6.99. The molecule has 0 spiro atoms. The smallest absolute Gasteiger partial charge is 0.414 e. The first kappa shape index (κ1) is 17.2. The highest BCUT2D eigenvalue weighted by molar-refractivity contribution is 5.89. The first-order chi connectivity index (χ1) is 11.9. The van der Waals surface area contributed by atoms with Gasteiger partial charge in [-0.1, -0.05) is 0 Å². The number of methoxy groups -OCH3 is 1. The summed E-state index contributed by atoms with van der Waals surface area (Å²) < 4.78 is 10.7. The number of rotatable bonds is 2. The van der Waals surface area contributed by atoms with Crippen LogP contribution < -0.4 is 9.64 Å². The lowest BCUT2D eigenvalue weighted by atomic mass is 10.1. The van der Waals surface area contributed by atoms with Crippen molar-refractivity contribution in [3.63, 3.8) is 0 Å². The number of anilines is 1. The maximum absolute atomic E-state index is 12.4. The first-order valence-electron chi connectivity index (χ1n) is 8.38. The van der Waals surface area contributed by atoms with E-state index in [1.807, 2.05) is 45.0 Å². The maximum atomic E-state index is 12.4. The molecule has 0 bridgehead atoms. The molecule has 0 unspecified atom stereocenters. The van der Waals surface area contributed by atoms with E-state index in [1.54, 1.807) is 18.2 Å². The second-order valence-corrected chi connectivity index (χ2v) is 6.99. The molecular weight excluding hydrogens is 318 g/mol. The average molecular weight is 341 g/mol. The van der Waals surface area contributed by atoms with Crippen LogP contribution in [-0.4, -0.2) is 35.3 Å². The van der Waals surface area contributed by atoms with Crippen LogP contribution in [-0.2, 0) is 11.2 Å². The molecule has 0 N–H and O–H groups in total. The Bertz CT molecular complexity index is 766. The van der Waals surface area contributed by atoms with Gasteiger partial charge < -0.3 is 9.47 Å². The minimum atomic E-state index is -0.529. The van der Waals surface area contributed by atoms with E-state index < -0.39 is 5.60 Å². The zero-order valence-corrected chi connectivity index (χ0v) is 15.1. The molecule has 6 heteroatoms. The molecule has 2 aromatic rings. The number of carbonyl (C=O) groups excluding carboxylic acids is 1. The van der Waals surface area contributed by atoms with Crippen LogP contribution in [0.2, 0.25) is 0 Å². The van der Waals surface area contributed by atoms with Crippen molar-refractivity contribution in [2.45, 2.75) is 39.2 Å². The van der Waals surface area contributed by atoms with E-state index >= 15 is 0 Å². The standard InChI is InChI=1S/C19H23N3O3/c1-19(2,3)25-18(23)22-11-5-6-15-16(22)12-20-17(21-15)13-7-9-14(24-4)10-8-13/h7-10,12H,5-6,11H2,1-4H3. The summed E-state index contributed by atoms with van der Waals surface area (Å²) in [5.74, 6) is 1.44.